The minimum atomic E-state index is -0.660. The van der Waals surface area contributed by atoms with Crippen molar-refractivity contribution >= 4 is 17.8 Å². The fourth-order valence-corrected chi connectivity index (χ4v) is 2.65. The fraction of sp³-hybridized carbons (Fsp3) is 0.211. The van der Waals surface area contributed by atoms with E-state index in [2.05, 4.69) is 15.6 Å². The number of hydrogen-bond acceptors (Lipinski definition) is 3. The first kappa shape index (κ1) is 16.8. The van der Waals surface area contributed by atoms with Crippen LogP contribution in [0.25, 0.3) is 0 Å². The highest BCUT2D eigenvalue weighted by Gasteiger charge is 2.25. The Morgan fingerprint density at radius 2 is 1.96 bits per heavy atom. The normalized spacial score (nSPS) is 16.8. The van der Waals surface area contributed by atoms with Crippen LogP contribution in [0.2, 0.25) is 0 Å². The Morgan fingerprint density at radius 3 is 2.64 bits per heavy atom. The van der Waals surface area contributed by atoms with Gasteiger partial charge in [-0.3, -0.25) is 20.2 Å². The van der Waals surface area contributed by atoms with Gasteiger partial charge in [-0.05, 0) is 30.2 Å². The molecule has 1 heterocycles. The molecule has 1 aliphatic rings. The Hall–Kier alpha value is -3.02. The van der Waals surface area contributed by atoms with Crippen LogP contribution in [0.4, 0.5) is 4.39 Å². The van der Waals surface area contributed by atoms with Crippen LogP contribution < -0.4 is 10.6 Å². The summed E-state index contributed by atoms with van der Waals surface area (Å²) < 4.78 is 13.9. The molecule has 6 heteroatoms. The number of amides is 2. The first-order chi connectivity index (χ1) is 12.1. The molecule has 0 aromatic heterocycles. The maximum Gasteiger partial charge on any atom is 0.257 e. The van der Waals surface area contributed by atoms with E-state index < -0.39 is 11.9 Å². The number of carbonyl (C=O) groups excluding carboxylic acids is 2. The number of nitrogens with one attached hydrogen (secondary N) is 2. The monoisotopic (exact) mass is 339 g/mol. The average molecular weight is 339 g/mol. The summed E-state index contributed by atoms with van der Waals surface area (Å²) in [5, 5.41) is 5.09. The lowest BCUT2D eigenvalue weighted by atomic mass is 10.0. The number of guanidine groups is 1. The third kappa shape index (κ3) is 3.91. The number of hydrogen-bond donors (Lipinski definition) is 2. The van der Waals surface area contributed by atoms with Crippen molar-refractivity contribution in [3.8, 4) is 0 Å². The van der Waals surface area contributed by atoms with Gasteiger partial charge in [0.05, 0.1) is 12.5 Å². The van der Waals surface area contributed by atoms with Crippen LogP contribution in [-0.2, 0) is 11.2 Å². The summed E-state index contributed by atoms with van der Waals surface area (Å²) in [4.78, 5) is 28.5. The topological polar surface area (TPSA) is 70.6 Å². The van der Waals surface area contributed by atoms with E-state index in [1.807, 2.05) is 19.1 Å². The molecule has 0 saturated carbocycles. The lowest BCUT2D eigenvalue weighted by Gasteiger charge is -2.21. The molecule has 0 fully saturated rings. The standard InChI is InChI=1S/C19H18FN3O2/c1-2-12-7-9-13(10-8-12)18(25)23-19-21-16(11-17(24)22-19)14-5-3-4-6-15(14)20/h3-10,16H,2,11H2,1H3,(H2,21,22,23,24,25)/t16-/m1/s1. The van der Waals surface area contributed by atoms with E-state index in [9.17, 15) is 14.0 Å². The van der Waals surface area contributed by atoms with Gasteiger partial charge in [-0.15, -0.1) is 0 Å². The molecule has 1 aliphatic heterocycles. The second kappa shape index (κ2) is 7.25. The quantitative estimate of drug-likeness (QED) is 0.903. The smallest absolute Gasteiger partial charge is 0.257 e. The number of halogens is 1. The molecule has 3 rings (SSSR count). The molecule has 25 heavy (non-hydrogen) atoms. The van der Waals surface area contributed by atoms with Gasteiger partial charge in [0.1, 0.15) is 5.82 Å². The van der Waals surface area contributed by atoms with Crippen molar-refractivity contribution in [3.63, 3.8) is 0 Å². The maximum absolute atomic E-state index is 13.9. The molecule has 2 aromatic carbocycles. The second-order valence-electron chi connectivity index (χ2n) is 5.77. The molecule has 0 spiro atoms. The summed E-state index contributed by atoms with van der Waals surface area (Å²) in [6, 6.07) is 12.7. The van der Waals surface area contributed by atoms with Gasteiger partial charge in [-0.25, -0.2) is 9.38 Å². The van der Waals surface area contributed by atoms with E-state index in [0.717, 1.165) is 12.0 Å². The lowest BCUT2D eigenvalue weighted by molar-refractivity contribution is -0.120. The molecule has 0 bridgehead atoms. The van der Waals surface area contributed by atoms with Crippen LogP contribution in [0.15, 0.2) is 53.5 Å². The van der Waals surface area contributed by atoms with Crippen molar-refractivity contribution < 1.29 is 14.0 Å². The number of aryl methyl sites for hydroxylation is 1. The first-order valence-electron chi connectivity index (χ1n) is 8.09. The first-order valence-corrected chi connectivity index (χ1v) is 8.09. The van der Waals surface area contributed by atoms with Gasteiger partial charge >= 0.3 is 0 Å². The van der Waals surface area contributed by atoms with Crippen LogP contribution >= 0.6 is 0 Å². The molecular weight excluding hydrogens is 321 g/mol. The summed E-state index contributed by atoms with van der Waals surface area (Å²) >= 11 is 0. The van der Waals surface area contributed by atoms with Gasteiger partial charge in [0.2, 0.25) is 11.9 Å². The second-order valence-corrected chi connectivity index (χ2v) is 5.77. The zero-order valence-corrected chi connectivity index (χ0v) is 13.8. The maximum atomic E-state index is 13.9. The third-order valence-corrected chi connectivity index (χ3v) is 4.04. The van der Waals surface area contributed by atoms with E-state index in [-0.39, 0.29) is 24.2 Å². The van der Waals surface area contributed by atoms with Crippen LogP contribution in [0.3, 0.4) is 0 Å². The van der Waals surface area contributed by atoms with E-state index >= 15 is 0 Å². The average Bonchev–Trinajstić information content (AvgIpc) is 2.61. The van der Waals surface area contributed by atoms with Crippen molar-refractivity contribution in [2.75, 3.05) is 0 Å². The fourth-order valence-electron chi connectivity index (χ4n) is 2.65. The Kier molecular flexibility index (Phi) is 4.88. The minimum Gasteiger partial charge on any atom is -0.296 e. The molecule has 128 valence electrons. The van der Waals surface area contributed by atoms with Crippen molar-refractivity contribution in [1.82, 2.24) is 10.6 Å². The summed E-state index contributed by atoms with van der Waals surface area (Å²) in [6.07, 6.45) is 0.917. The van der Waals surface area contributed by atoms with Crippen LogP contribution in [0, 0.1) is 5.82 Å². The highest BCUT2D eigenvalue weighted by atomic mass is 19.1. The molecule has 0 radical (unpaired) electrons. The van der Waals surface area contributed by atoms with Crippen LogP contribution in [0.1, 0.15) is 40.9 Å². The Morgan fingerprint density at radius 1 is 1.24 bits per heavy atom. The van der Waals surface area contributed by atoms with Crippen LogP contribution in [0.5, 0.6) is 0 Å². The van der Waals surface area contributed by atoms with Gasteiger partial charge in [0.25, 0.3) is 5.91 Å². The van der Waals surface area contributed by atoms with Crippen LogP contribution in [-0.4, -0.2) is 17.8 Å². The van der Waals surface area contributed by atoms with Gasteiger partial charge in [-0.1, -0.05) is 37.3 Å². The highest BCUT2D eigenvalue weighted by molar-refractivity contribution is 6.10. The molecule has 0 saturated heterocycles. The molecule has 0 aliphatic carbocycles. The van der Waals surface area contributed by atoms with Crippen molar-refractivity contribution in [1.29, 1.82) is 0 Å². The SMILES string of the molecule is CCc1ccc(C(=O)NC2=N[C@@H](c3ccccc3F)CC(=O)N2)cc1. The van der Waals surface area contributed by atoms with Gasteiger partial charge in [0, 0.05) is 11.1 Å². The molecule has 2 amide bonds. The summed E-state index contributed by atoms with van der Waals surface area (Å²) in [5.41, 5.74) is 1.91. The number of rotatable bonds is 3. The number of nitrogens with zero attached hydrogens (tertiary/aromatic N) is 1. The molecule has 0 unspecified atom stereocenters. The zero-order valence-electron chi connectivity index (χ0n) is 13.8. The van der Waals surface area contributed by atoms with Gasteiger partial charge < -0.3 is 0 Å². The van der Waals surface area contributed by atoms with Crippen molar-refractivity contribution in [2.45, 2.75) is 25.8 Å². The minimum absolute atomic E-state index is 0.0332. The van der Waals surface area contributed by atoms with E-state index in [0.29, 0.717) is 11.1 Å². The predicted molar refractivity (Wildman–Crippen MR) is 92.6 cm³/mol. The zero-order chi connectivity index (χ0) is 17.8. The number of benzene rings is 2. The Bertz CT molecular complexity index is 831. The van der Waals surface area contributed by atoms with E-state index in [4.69, 9.17) is 0 Å². The number of carbonyl (C=O) groups is 2. The summed E-state index contributed by atoms with van der Waals surface area (Å²) in [7, 11) is 0. The molecule has 1 atom stereocenters. The Labute approximate surface area is 145 Å². The summed E-state index contributed by atoms with van der Waals surface area (Å²) in [5.74, 6) is -1.09. The lowest BCUT2D eigenvalue weighted by Crippen LogP contribution is -2.47. The van der Waals surface area contributed by atoms with Crippen molar-refractivity contribution in [3.05, 3.63) is 71.0 Å². The van der Waals surface area contributed by atoms with E-state index in [1.54, 1.807) is 30.3 Å². The molecular formula is C19H18FN3O2. The van der Waals surface area contributed by atoms with E-state index in [1.165, 1.54) is 6.07 Å². The van der Waals surface area contributed by atoms with Gasteiger partial charge in [0.15, 0.2) is 0 Å². The van der Waals surface area contributed by atoms with Gasteiger partial charge in [-0.2, -0.15) is 0 Å². The predicted octanol–water partition coefficient (Wildman–Crippen LogP) is 2.74. The molecule has 2 N–H and O–H groups in total. The highest BCUT2D eigenvalue weighted by Crippen LogP contribution is 2.25. The molecule has 2 aromatic rings. The third-order valence-electron chi connectivity index (χ3n) is 4.04. The van der Waals surface area contributed by atoms with Crippen molar-refractivity contribution in [2.24, 2.45) is 4.99 Å². The molecule has 5 nitrogen and oxygen atoms in total. The Balaban J connectivity index is 1.79. The number of aliphatic imine (C=N–C) groups is 1. The largest absolute Gasteiger partial charge is 0.296 e. The summed E-state index contributed by atoms with van der Waals surface area (Å²) in [6.45, 7) is 2.03.